The van der Waals surface area contributed by atoms with E-state index in [0.29, 0.717) is 13.0 Å². The molecule has 1 N–H and O–H groups in total. The lowest BCUT2D eigenvalue weighted by Crippen LogP contribution is -2.43. The Morgan fingerprint density at radius 2 is 1.95 bits per heavy atom. The largest absolute Gasteiger partial charge is 0.496 e. The van der Waals surface area contributed by atoms with Crippen LogP contribution in [0.3, 0.4) is 0 Å². The van der Waals surface area contributed by atoms with E-state index in [-0.39, 0.29) is 5.60 Å². The van der Waals surface area contributed by atoms with Crippen LogP contribution in [0.15, 0.2) is 24.3 Å². The molecule has 0 amide bonds. The predicted molar refractivity (Wildman–Crippen MR) is 75.5 cm³/mol. The van der Waals surface area contributed by atoms with Crippen molar-refractivity contribution < 1.29 is 14.6 Å². The van der Waals surface area contributed by atoms with Gasteiger partial charge in [-0.2, -0.15) is 0 Å². The number of hydrogen-bond donors (Lipinski definition) is 1. The van der Waals surface area contributed by atoms with Gasteiger partial charge < -0.3 is 14.6 Å². The fourth-order valence-corrected chi connectivity index (χ4v) is 3.10. The molecule has 106 valence electrons. The molecule has 3 heteroatoms. The van der Waals surface area contributed by atoms with Gasteiger partial charge in [0.05, 0.1) is 18.8 Å². The standard InChI is InChI=1S/C16H24O3/c1-3-19-16(10-6-7-11-16)15(17)12-13-8-4-5-9-14(13)18-2/h4-5,8-9,15,17H,3,6-7,10-12H2,1-2H3. The lowest BCUT2D eigenvalue weighted by Gasteiger charge is -2.34. The van der Waals surface area contributed by atoms with Crippen molar-refractivity contribution in [2.45, 2.75) is 50.7 Å². The van der Waals surface area contributed by atoms with Gasteiger partial charge in [0.25, 0.3) is 0 Å². The third-order valence-corrected chi connectivity index (χ3v) is 4.09. The Hall–Kier alpha value is -1.06. The number of aliphatic hydroxyl groups is 1. The highest BCUT2D eigenvalue weighted by Crippen LogP contribution is 2.38. The van der Waals surface area contributed by atoms with Gasteiger partial charge in [0.1, 0.15) is 5.75 Å². The van der Waals surface area contributed by atoms with Crippen LogP contribution in [0.25, 0.3) is 0 Å². The molecule has 1 aromatic rings. The average molecular weight is 264 g/mol. The van der Waals surface area contributed by atoms with Crippen LogP contribution in [0.4, 0.5) is 0 Å². The molecule has 1 fully saturated rings. The Kier molecular flexibility index (Phi) is 4.83. The molecule has 0 spiro atoms. The lowest BCUT2D eigenvalue weighted by molar-refractivity contribution is -0.115. The highest BCUT2D eigenvalue weighted by molar-refractivity contribution is 5.34. The van der Waals surface area contributed by atoms with Gasteiger partial charge in [0.2, 0.25) is 0 Å². The molecule has 1 aliphatic carbocycles. The number of benzene rings is 1. The Bertz CT molecular complexity index is 397. The summed E-state index contributed by atoms with van der Waals surface area (Å²) in [7, 11) is 1.67. The summed E-state index contributed by atoms with van der Waals surface area (Å²) < 4.78 is 11.3. The molecule has 0 radical (unpaired) electrons. The van der Waals surface area contributed by atoms with Crippen LogP contribution in [0.5, 0.6) is 5.75 Å². The molecule has 0 bridgehead atoms. The summed E-state index contributed by atoms with van der Waals surface area (Å²) in [5.74, 6) is 0.839. The van der Waals surface area contributed by atoms with E-state index in [4.69, 9.17) is 9.47 Å². The van der Waals surface area contributed by atoms with Crippen molar-refractivity contribution >= 4 is 0 Å². The van der Waals surface area contributed by atoms with Gasteiger partial charge in [-0.3, -0.25) is 0 Å². The lowest BCUT2D eigenvalue weighted by atomic mass is 9.89. The van der Waals surface area contributed by atoms with Crippen molar-refractivity contribution in [3.8, 4) is 5.75 Å². The zero-order valence-electron chi connectivity index (χ0n) is 11.9. The van der Waals surface area contributed by atoms with Crippen molar-refractivity contribution in [1.29, 1.82) is 0 Å². The van der Waals surface area contributed by atoms with Gasteiger partial charge in [-0.1, -0.05) is 31.0 Å². The molecule has 1 aliphatic rings. The molecule has 0 aromatic heterocycles. The number of methoxy groups -OCH3 is 1. The van der Waals surface area contributed by atoms with Gasteiger partial charge in [0.15, 0.2) is 0 Å². The molecule has 0 aliphatic heterocycles. The van der Waals surface area contributed by atoms with E-state index in [9.17, 15) is 5.11 Å². The van der Waals surface area contributed by atoms with E-state index in [1.807, 2.05) is 31.2 Å². The number of aliphatic hydroxyl groups excluding tert-OH is 1. The zero-order chi connectivity index (χ0) is 13.7. The van der Waals surface area contributed by atoms with Crippen LogP contribution in [0.1, 0.15) is 38.2 Å². The second kappa shape index (κ2) is 6.40. The fourth-order valence-electron chi connectivity index (χ4n) is 3.10. The Labute approximate surface area is 115 Å². The van der Waals surface area contributed by atoms with Crippen molar-refractivity contribution in [3.05, 3.63) is 29.8 Å². The second-order valence-corrected chi connectivity index (χ2v) is 5.24. The first-order chi connectivity index (χ1) is 9.22. The zero-order valence-corrected chi connectivity index (χ0v) is 11.9. The van der Waals surface area contributed by atoms with Gasteiger partial charge in [0, 0.05) is 13.0 Å². The fraction of sp³-hybridized carbons (Fsp3) is 0.625. The summed E-state index contributed by atoms with van der Waals surface area (Å²) in [6.45, 7) is 2.65. The van der Waals surface area contributed by atoms with Crippen molar-refractivity contribution in [2.75, 3.05) is 13.7 Å². The van der Waals surface area contributed by atoms with Crippen molar-refractivity contribution in [1.82, 2.24) is 0 Å². The monoisotopic (exact) mass is 264 g/mol. The maximum atomic E-state index is 10.6. The number of rotatable bonds is 6. The second-order valence-electron chi connectivity index (χ2n) is 5.24. The van der Waals surface area contributed by atoms with E-state index in [0.717, 1.165) is 37.0 Å². The van der Waals surface area contributed by atoms with E-state index < -0.39 is 6.10 Å². The van der Waals surface area contributed by atoms with Gasteiger partial charge in [-0.15, -0.1) is 0 Å². The van der Waals surface area contributed by atoms with Crippen LogP contribution in [-0.4, -0.2) is 30.5 Å². The topological polar surface area (TPSA) is 38.7 Å². The Balaban J connectivity index is 2.12. The van der Waals surface area contributed by atoms with E-state index in [1.165, 1.54) is 0 Å². The molecular formula is C16H24O3. The number of hydrogen-bond acceptors (Lipinski definition) is 3. The number of para-hydroxylation sites is 1. The summed E-state index contributed by atoms with van der Waals surface area (Å²) in [6.07, 6.45) is 4.32. The molecule has 0 heterocycles. The molecule has 0 saturated heterocycles. The predicted octanol–water partition coefficient (Wildman–Crippen LogP) is 2.95. The van der Waals surface area contributed by atoms with E-state index >= 15 is 0 Å². The first-order valence-corrected chi connectivity index (χ1v) is 7.16. The normalized spacial score (nSPS) is 19.3. The summed E-state index contributed by atoms with van der Waals surface area (Å²) in [6, 6.07) is 7.87. The summed E-state index contributed by atoms with van der Waals surface area (Å²) in [5, 5.41) is 10.6. The molecule has 2 rings (SSSR count). The van der Waals surface area contributed by atoms with Gasteiger partial charge in [-0.05, 0) is 31.4 Å². The highest BCUT2D eigenvalue weighted by atomic mass is 16.5. The minimum absolute atomic E-state index is 0.352. The average Bonchev–Trinajstić information content (AvgIpc) is 2.90. The van der Waals surface area contributed by atoms with E-state index in [2.05, 4.69) is 0 Å². The summed E-state index contributed by atoms with van der Waals surface area (Å²) in [4.78, 5) is 0. The molecule has 1 unspecified atom stereocenters. The maximum Gasteiger partial charge on any atom is 0.122 e. The van der Waals surface area contributed by atoms with Crippen LogP contribution >= 0.6 is 0 Å². The molecular weight excluding hydrogens is 240 g/mol. The van der Waals surface area contributed by atoms with E-state index in [1.54, 1.807) is 7.11 Å². The number of ether oxygens (including phenoxy) is 2. The minimum atomic E-state index is -0.466. The summed E-state index contributed by atoms with van der Waals surface area (Å²) in [5.41, 5.74) is 0.693. The third kappa shape index (κ3) is 3.10. The molecule has 1 saturated carbocycles. The van der Waals surface area contributed by atoms with Gasteiger partial charge in [-0.25, -0.2) is 0 Å². The smallest absolute Gasteiger partial charge is 0.122 e. The maximum absolute atomic E-state index is 10.6. The molecule has 19 heavy (non-hydrogen) atoms. The highest BCUT2D eigenvalue weighted by Gasteiger charge is 2.41. The Morgan fingerprint density at radius 1 is 1.26 bits per heavy atom. The first-order valence-electron chi connectivity index (χ1n) is 7.16. The summed E-state index contributed by atoms with van der Waals surface area (Å²) >= 11 is 0. The quantitative estimate of drug-likeness (QED) is 0.858. The first kappa shape index (κ1) is 14.4. The molecule has 3 nitrogen and oxygen atoms in total. The van der Waals surface area contributed by atoms with Crippen molar-refractivity contribution in [3.63, 3.8) is 0 Å². The molecule has 1 aromatic carbocycles. The molecule has 1 atom stereocenters. The van der Waals surface area contributed by atoms with Crippen LogP contribution < -0.4 is 4.74 Å². The van der Waals surface area contributed by atoms with Crippen LogP contribution in [-0.2, 0) is 11.2 Å². The Morgan fingerprint density at radius 3 is 2.58 bits per heavy atom. The van der Waals surface area contributed by atoms with Crippen LogP contribution in [0, 0.1) is 0 Å². The van der Waals surface area contributed by atoms with Crippen molar-refractivity contribution in [2.24, 2.45) is 0 Å². The minimum Gasteiger partial charge on any atom is -0.496 e. The third-order valence-electron chi connectivity index (χ3n) is 4.09. The SMILES string of the molecule is CCOC1(C(O)Cc2ccccc2OC)CCCC1. The van der Waals surface area contributed by atoms with Gasteiger partial charge >= 0.3 is 0 Å². The van der Waals surface area contributed by atoms with Crippen LogP contribution in [0.2, 0.25) is 0 Å².